The molecule has 0 N–H and O–H groups in total. The first kappa shape index (κ1) is 15.9. The summed E-state index contributed by atoms with van der Waals surface area (Å²) < 4.78 is 11.1. The Morgan fingerprint density at radius 2 is 2.00 bits per heavy atom. The molecule has 25 heavy (non-hydrogen) atoms. The second kappa shape index (κ2) is 6.37. The number of rotatable bonds is 4. The van der Waals surface area contributed by atoms with Gasteiger partial charge in [0.2, 0.25) is 5.91 Å². The molecule has 1 aromatic heterocycles. The molecule has 0 saturated carbocycles. The molecule has 6 heteroatoms. The van der Waals surface area contributed by atoms with E-state index >= 15 is 0 Å². The first-order chi connectivity index (χ1) is 12.3. The van der Waals surface area contributed by atoms with Crippen LogP contribution in [0.1, 0.15) is 24.6 Å². The minimum absolute atomic E-state index is 0.0945. The maximum Gasteiger partial charge on any atom is 0.247 e. The number of aromatic nitrogens is 1. The Morgan fingerprint density at radius 1 is 1.12 bits per heavy atom. The lowest BCUT2D eigenvalue weighted by atomic mass is 10.1. The molecule has 2 aliphatic rings. The van der Waals surface area contributed by atoms with Gasteiger partial charge >= 0.3 is 0 Å². The Hall–Kier alpha value is -2.60. The largest absolute Gasteiger partial charge is 0.493 e. The fourth-order valence-electron chi connectivity index (χ4n) is 3.94. The molecule has 1 aromatic carbocycles. The van der Waals surface area contributed by atoms with E-state index in [2.05, 4.69) is 9.88 Å². The summed E-state index contributed by atoms with van der Waals surface area (Å²) in [6.07, 6.45) is 3.38. The lowest BCUT2D eigenvalue weighted by Gasteiger charge is -2.30. The molecular weight excluding hydrogens is 318 g/mol. The van der Waals surface area contributed by atoms with Gasteiger partial charge in [-0.3, -0.25) is 14.6 Å². The van der Waals surface area contributed by atoms with E-state index in [0.717, 1.165) is 24.9 Å². The van der Waals surface area contributed by atoms with E-state index in [1.807, 2.05) is 36.4 Å². The van der Waals surface area contributed by atoms with Gasteiger partial charge < -0.3 is 9.47 Å². The number of anilines is 1. The SMILES string of the molecule is COc1cccc([C@H]2N(c3ccccn3)C(=O)[C@@H]3CCCN32)c1OC. The lowest BCUT2D eigenvalue weighted by molar-refractivity contribution is -0.119. The Balaban J connectivity index is 1.86. The van der Waals surface area contributed by atoms with Gasteiger partial charge in [0.05, 0.1) is 20.3 Å². The van der Waals surface area contributed by atoms with Crippen LogP contribution in [0.4, 0.5) is 5.82 Å². The normalized spacial score (nSPS) is 23.0. The summed E-state index contributed by atoms with van der Waals surface area (Å²) in [5.74, 6) is 2.09. The topological polar surface area (TPSA) is 54.9 Å². The maximum atomic E-state index is 13.1. The Labute approximate surface area is 147 Å². The highest BCUT2D eigenvalue weighted by molar-refractivity contribution is 5.99. The van der Waals surface area contributed by atoms with Crippen LogP contribution in [0.2, 0.25) is 0 Å². The van der Waals surface area contributed by atoms with Gasteiger partial charge in [0.15, 0.2) is 11.5 Å². The number of hydrogen-bond acceptors (Lipinski definition) is 5. The standard InChI is InChI=1S/C19H21N3O3/c1-24-15-9-5-7-13(17(15)25-2)18-21-12-6-8-14(21)19(23)22(18)16-10-3-4-11-20-16/h3-5,7,9-11,14,18H,6,8,12H2,1-2H3/t14-,18+/m0/s1. The maximum absolute atomic E-state index is 13.1. The Morgan fingerprint density at radius 3 is 2.72 bits per heavy atom. The third-order valence-electron chi connectivity index (χ3n) is 4.98. The van der Waals surface area contributed by atoms with Gasteiger partial charge in [-0.05, 0) is 31.0 Å². The molecule has 130 valence electrons. The second-order valence-electron chi connectivity index (χ2n) is 6.25. The molecule has 4 rings (SSSR count). The van der Waals surface area contributed by atoms with Crippen molar-refractivity contribution in [1.82, 2.24) is 9.88 Å². The zero-order valence-electron chi connectivity index (χ0n) is 14.4. The van der Waals surface area contributed by atoms with Crippen LogP contribution in [0.5, 0.6) is 11.5 Å². The fraction of sp³-hybridized carbons (Fsp3) is 0.368. The molecule has 2 fully saturated rings. The highest BCUT2D eigenvalue weighted by Gasteiger charge is 2.50. The number of amides is 1. The van der Waals surface area contributed by atoms with E-state index in [-0.39, 0.29) is 18.1 Å². The summed E-state index contributed by atoms with van der Waals surface area (Å²) in [6.45, 7) is 0.880. The summed E-state index contributed by atoms with van der Waals surface area (Å²) in [7, 11) is 3.25. The first-order valence-corrected chi connectivity index (χ1v) is 8.47. The van der Waals surface area contributed by atoms with Gasteiger partial charge in [-0.2, -0.15) is 0 Å². The molecule has 0 spiro atoms. The van der Waals surface area contributed by atoms with Crippen molar-refractivity contribution >= 4 is 11.7 Å². The summed E-state index contributed by atoms with van der Waals surface area (Å²) in [6, 6.07) is 11.3. The molecule has 0 unspecified atom stereocenters. The van der Waals surface area contributed by atoms with Gasteiger partial charge in [0.25, 0.3) is 0 Å². The van der Waals surface area contributed by atoms with Gasteiger partial charge in [-0.1, -0.05) is 18.2 Å². The van der Waals surface area contributed by atoms with Crippen molar-refractivity contribution in [2.24, 2.45) is 0 Å². The summed E-state index contributed by atoms with van der Waals surface area (Å²) >= 11 is 0. The van der Waals surface area contributed by atoms with Crippen LogP contribution < -0.4 is 14.4 Å². The van der Waals surface area contributed by atoms with E-state index in [1.54, 1.807) is 25.3 Å². The van der Waals surface area contributed by atoms with Gasteiger partial charge in [-0.25, -0.2) is 4.98 Å². The van der Waals surface area contributed by atoms with Crippen LogP contribution in [0.3, 0.4) is 0 Å². The van der Waals surface area contributed by atoms with Crippen LogP contribution in [0.25, 0.3) is 0 Å². The number of fused-ring (bicyclic) bond motifs is 1. The van der Waals surface area contributed by atoms with Gasteiger partial charge in [0.1, 0.15) is 12.0 Å². The molecule has 0 radical (unpaired) electrons. The van der Waals surface area contributed by atoms with Crippen molar-refractivity contribution in [2.45, 2.75) is 25.0 Å². The van der Waals surface area contributed by atoms with E-state index in [4.69, 9.17) is 9.47 Å². The van der Waals surface area contributed by atoms with Crippen molar-refractivity contribution in [3.05, 3.63) is 48.2 Å². The molecular formula is C19H21N3O3. The van der Waals surface area contributed by atoms with Crippen molar-refractivity contribution in [3.63, 3.8) is 0 Å². The number of carbonyl (C=O) groups is 1. The fourth-order valence-corrected chi connectivity index (χ4v) is 3.94. The number of nitrogens with zero attached hydrogens (tertiary/aromatic N) is 3. The monoisotopic (exact) mass is 339 g/mol. The van der Waals surface area contributed by atoms with Crippen LogP contribution in [-0.2, 0) is 4.79 Å². The highest BCUT2D eigenvalue weighted by atomic mass is 16.5. The third-order valence-corrected chi connectivity index (χ3v) is 4.98. The highest BCUT2D eigenvalue weighted by Crippen LogP contribution is 2.46. The van der Waals surface area contributed by atoms with Crippen LogP contribution in [-0.4, -0.2) is 42.6 Å². The average Bonchev–Trinajstić information content (AvgIpc) is 3.23. The van der Waals surface area contributed by atoms with Crippen LogP contribution in [0.15, 0.2) is 42.6 Å². The van der Waals surface area contributed by atoms with E-state index in [0.29, 0.717) is 17.3 Å². The number of benzene rings is 1. The quantitative estimate of drug-likeness (QED) is 0.857. The zero-order valence-corrected chi connectivity index (χ0v) is 14.4. The molecule has 2 atom stereocenters. The number of methoxy groups -OCH3 is 2. The summed E-state index contributed by atoms with van der Waals surface area (Å²) in [5.41, 5.74) is 0.922. The van der Waals surface area contributed by atoms with E-state index in [9.17, 15) is 4.79 Å². The minimum Gasteiger partial charge on any atom is -0.493 e. The second-order valence-corrected chi connectivity index (χ2v) is 6.25. The smallest absolute Gasteiger partial charge is 0.247 e. The van der Waals surface area contributed by atoms with Crippen molar-refractivity contribution < 1.29 is 14.3 Å². The predicted octanol–water partition coefficient (Wildman–Crippen LogP) is 2.61. The number of para-hydroxylation sites is 1. The van der Waals surface area contributed by atoms with Crippen molar-refractivity contribution in [3.8, 4) is 11.5 Å². The Bertz CT molecular complexity index is 781. The van der Waals surface area contributed by atoms with Gasteiger partial charge in [0, 0.05) is 18.3 Å². The summed E-state index contributed by atoms with van der Waals surface area (Å²) in [4.78, 5) is 21.6. The number of ether oxygens (including phenoxy) is 2. The molecule has 3 heterocycles. The zero-order chi connectivity index (χ0) is 17.4. The average molecular weight is 339 g/mol. The van der Waals surface area contributed by atoms with Crippen molar-refractivity contribution in [1.29, 1.82) is 0 Å². The third kappa shape index (κ3) is 2.44. The first-order valence-electron chi connectivity index (χ1n) is 8.47. The van der Waals surface area contributed by atoms with Crippen molar-refractivity contribution in [2.75, 3.05) is 25.7 Å². The van der Waals surface area contributed by atoms with E-state index < -0.39 is 0 Å². The number of carbonyl (C=O) groups excluding carboxylic acids is 1. The van der Waals surface area contributed by atoms with Crippen LogP contribution >= 0.6 is 0 Å². The number of hydrogen-bond donors (Lipinski definition) is 0. The molecule has 0 aliphatic carbocycles. The molecule has 1 amide bonds. The minimum atomic E-state index is -0.236. The number of pyridine rings is 1. The summed E-state index contributed by atoms with van der Waals surface area (Å²) in [5, 5.41) is 0. The molecule has 2 aromatic rings. The van der Waals surface area contributed by atoms with Gasteiger partial charge in [-0.15, -0.1) is 0 Å². The molecule has 0 bridgehead atoms. The lowest BCUT2D eigenvalue weighted by Crippen LogP contribution is -2.33. The van der Waals surface area contributed by atoms with Crippen LogP contribution in [0, 0.1) is 0 Å². The predicted molar refractivity (Wildman–Crippen MR) is 93.7 cm³/mol. The Kier molecular flexibility index (Phi) is 4.05. The molecule has 2 aliphatic heterocycles. The molecule has 6 nitrogen and oxygen atoms in total. The molecule has 2 saturated heterocycles. The van der Waals surface area contributed by atoms with E-state index in [1.165, 1.54) is 0 Å².